The predicted molar refractivity (Wildman–Crippen MR) is 57.1 cm³/mol. The Labute approximate surface area is 81.2 Å². The summed E-state index contributed by atoms with van der Waals surface area (Å²) in [6.45, 7) is 10.9. The molecule has 0 fully saturated rings. The summed E-state index contributed by atoms with van der Waals surface area (Å²) < 4.78 is 0. The molecule has 72 valence electrons. The van der Waals surface area contributed by atoms with Gasteiger partial charge in [-0.1, -0.05) is 33.8 Å². The number of hydrogen-bond donors (Lipinski definition) is 0. The molecule has 1 nitrogen and oxygen atoms in total. The smallest absolute Gasteiger partial charge is 0.0492 e. The van der Waals surface area contributed by atoms with E-state index in [0.29, 0.717) is 0 Å². The first-order valence-corrected chi connectivity index (χ1v) is 4.92. The molecular formula is C12H19N. The first kappa shape index (κ1) is 10.2. The molecule has 0 bridgehead atoms. The van der Waals surface area contributed by atoms with E-state index in [0.717, 1.165) is 12.1 Å². The quantitative estimate of drug-likeness (QED) is 0.641. The summed E-state index contributed by atoms with van der Waals surface area (Å²) in [4.78, 5) is 4.62. The SMILES string of the molecule is CCc1ccc(C)nc1C(C)(C)C. The Morgan fingerprint density at radius 3 is 2.31 bits per heavy atom. The van der Waals surface area contributed by atoms with Crippen LogP contribution >= 0.6 is 0 Å². The minimum Gasteiger partial charge on any atom is -0.257 e. The summed E-state index contributed by atoms with van der Waals surface area (Å²) in [6.07, 6.45) is 1.07. The zero-order chi connectivity index (χ0) is 10.1. The van der Waals surface area contributed by atoms with Crippen molar-refractivity contribution in [2.75, 3.05) is 0 Å². The molecular weight excluding hydrogens is 158 g/mol. The Kier molecular flexibility index (Phi) is 2.74. The highest BCUT2D eigenvalue weighted by molar-refractivity contribution is 5.27. The van der Waals surface area contributed by atoms with Gasteiger partial charge in [0.05, 0.1) is 0 Å². The van der Waals surface area contributed by atoms with E-state index in [4.69, 9.17) is 0 Å². The maximum absolute atomic E-state index is 4.62. The second-order valence-corrected chi connectivity index (χ2v) is 4.56. The summed E-state index contributed by atoms with van der Waals surface area (Å²) in [5.74, 6) is 0. The van der Waals surface area contributed by atoms with Crippen LogP contribution in [0.25, 0.3) is 0 Å². The molecule has 1 heteroatoms. The Hall–Kier alpha value is -0.850. The molecule has 0 N–H and O–H groups in total. The molecule has 1 aromatic rings. The molecule has 0 aliphatic rings. The van der Waals surface area contributed by atoms with Crippen molar-refractivity contribution < 1.29 is 0 Å². The number of aryl methyl sites for hydroxylation is 2. The van der Waals surface area contributed by atoms with Crippen molar-refractivity contribution in [1.29, 1.82) is 0 Å². The molecule has 0 saturated heterocycles. The molecule has 0 saturated carbocycles. The van der Waals surface area contributed by atoms with Crippen molar-refractivity contribution in [2.45, 2.75) is 46.5 Å². The largest absolute Gasteiger partial charge is 0.257 e. The molecule has 13 heavy (non-hydrogen) atoms. The molecule has 0 spiro atoms. The van der Waals surface area contributed by atoms with E-state index in [1.54, 1.807) is 0 Å². The monoisotopic (exact) mass is 177 g/mol. The molecule has 0 unspecified atom stereocenters. The van der Waals surface area contributed by atoms with Gasteiger partial charge in [-0.3, -0.25) is 4.98 Å². The average molecular weight is 177 g/mol. The highest BCUT2D eigenvalue weighted by Gasteiger charge is 2.18. The predicted octanol–water partition coefficient (Wildman–Crippen LogP) is 3.25. The van der Waals surface area contributed by atoms with Crippen LogP contribution in [0.4, 0.5) is 0 Å². The number of pyridine rings is 1. The fourth-order valence-electron chi connectivity index (χ4n) is 1.52. The zero-order valence-corrected chi connectivity index (χ0v) is 9.31. The number of aromatic nitrogens is 1. The van der Waals surface area contributed by atoms with Crippen LogP contribution in [0.2, 0.25) is 0 Å². The summed E-state index contributed by atoms with van der Waals surface area (Å²) in [5.41, 5.74) is 3.90. The third kappa shape index (κ3) is 2.30. The van der Waals surface area contributed by atoms with E-state index in [2.05, 4.69) is 51.7 Å². The number of hydrogen-bond acceptors (Lipinski definition) is 1. The van der Waals surface area contributed by atoms with Gasteiger partial charge in [-0.15, -0.1) is 0 Å². The van der Waals surface area contributed by atoms with Crippen molar-refractivity contribution in [1.82, 2.24) is 4.98 Å². The van der Waals surface area contributed by atoms with E-state index < -0.39 is 0 Å². The summed E-state index contributed by atoms with van der Waals surface area (Å²) in [5, 5.41) is 0. The van der Waals surface area contributed by atoms with Crippen molar-refractivity contribution in [2.24, 2.45) is 0 Å². The molecule has 1 rings (SSSR count). The van der Waals surface area contributed by atoms with Gasteiger partial charge in [0.25, 0.3) is 0 Å². The van der Waals surface area contributed by atoms with Gasteiger partial charge in [-0.2, -0.15) is 0 Å². The van der Waals surface area contributed by atoms with Gasteiger partial charge >= 0.3 is 0 Å². The highest BCUT2D eigenvalue weighted by Crippen LogP contribution is 2.24. The first-order valence-electron chi connectivity index (χ1n) is 4.92. The summed E-state index contributed by atoms with van der Waals surface area (Å²) in [7, 11) is 0. The van der Waals surface area contributed by atoms with Crippen molar-refractivity contribution in [3.05, 3.63) is 29.1 Å². The van der Waals surface area contributed by atoms with Crippen molar-refractivity contribution >= 4 is 0 Å². The number of rotatable bonds is 1. The molecule has 1 aromatic heterocycles. The molecule has 0 aromatic carbocycles. The van der Waals surface area contributed by atoms with Crippen LogP contribution in [0.1, 0.15) is 44.6 Å². The number of nitrogens with zero attached hydrogens (tertiary/aromatic N) is 1. The molecule has 0 aliphatic carbocycles. The van der Waals surface area contributed by atoms with Gasteiger partial charge in [0, 0.05) is 16.8 Å². The average Bonchev–Trinajstić information content (AvgIpc) is 2.03. The van der Waals surface area contributed by atoms with Crippen LogP contribution in [-0.4, -0.2) is 4.98 Å². The Balaban J connectivity index is 3.24. The van der Waals surface area contributed by atoms with Crippen molar-refractivity contribution in [3.8, 4) is 0 Å². The lowest BCUT2D eigenvalue weighted by atomic mass is 9.87. The summed E-state index contributed by atoms with van der Waals surface area (Å²) in [6, 6.07) is 4.29. The van der Waals surface area contributed by atoms with Crippen molar-refractivity contribution in [3.63, 3.8) is 0 Å². The lowest BCUT2D eigenvalue weighted by Crippen LogP contribution is -2.16. The van der Waals surface area contributed by atoms with Crippen LogP contribution in [0.3, 0.4) is 0 Å². The van der Waals surface area contributed by atoms with Crippen LogP contribution in [0, 0.1) is 6.92 Å². The fourth-order valence-corrected chi connectivity index (χ4v) is 1.52. The molecule has 0 atom stereocenters. The lowest BCUT2D eigenvalue weighted by molar-refractivity contribution is 0.559. The van der Waals surface area contributed by atoms with Crippen LogP contribution in [-0.2, 0) is 11.8 Å². The van der Waals surface area contributed by atoms with E-state index >= 15 is 0 Å². The highest BCUT2D eigenvalue weighted by atomic mass is 14.7. The second kappa shape index (κ2) is 3.49. The third-order valence-electron chi connectivity index (χ3n) is 2.21. The van der Waals surface area contributed by atoms with Gasteiger partial charge in [0.1, 0.15) is 0 Å². The van der Waals surface area contributed by atoms with E-state index in [9.17, 15) is 0 Å². The van der Waals surface area contributed by atoms with Gasteiger partial charge < -0.3 is 0 Å². The Bertz CT molecular complexity index is 294. The molecule has 1 heterocycles. The minimum absolute atomic E-state index is 0.164. The standard InChI is InChI=1S/C12H19N/c1-6-10-8-7-9(2)13-11(10)12(3,4)5/h7-8H,6H2,1-5H3. The van der Waals surface area contributed by atoms with E-state index in [1.165, 1.54) is 11.3 Å². The second-order valence-electron chi connectivity index (χ2n) is 4.56. The van der Waals surface area contributed by atoms with E-state index in [-0.39, 0.29) is 5.41 Å². The molecule has 0 radical (unpaired) electrons. The van der Waals surface area contributed by atoms with Gasteiger partial charge in [0.15, 0.2) is 0 Å². The minimum atomic E-state index is 0.164. The fraction of sp³-hybridized carbons (Fsp3) is 0.583. The zero-order valence-electron chi connectivity index (χ0n) is 9.31. The Morgan fingerprint density at radius 1 is 1.23 bits per heavy atom. The first-order chi connectivity index (χ1) is 5.95. The normalized spacial score (nSPS) is 11.8. The molecule has 0 aliphatic heterocycles. The molecule has 0 amide bonds. The maximum atomic E-state index is 4.62. The van der Waals surface area contributed by atoms with Crippen LogP contribution in [0.5, 0.6) is 0 Å². The van der Waals surface area contributed by atoms with Gasteiger partial charge in [0.2, 0.25) is 0 Å². The third-order valence-corrected chi connectivity index (χ3v) is 2.21. The van der Waals surface area contributed by atoms with Crippen LogP contribution in [0.15, 0.2) is 12.1 Å². The van der Waals surface area contributed by atoms with E-state index in [1.807, 2.05) is 0 Å². The maximum Gasteiger partial charge on any atom is 0.0492 e. The summed E-state index contributed by atoms with van der Waals surface area (Å²) >= 11 is 0. The van der Waals surface area contributed by atoms with Gasteiger partial charge in [-0.05, 0) is 25.0 Å². The van der Waals surface area contributed by atoms with Gasteiger partial charge in [-0.25, -0.2) is 0 Å². The lowest BCUT2D eigenvalue weighted by Gasteiger charge is -2.21. The van der Waals surface area contributed by atoms with Crippen LogP contribution < -0.4 is 0 Å². The topological polar surface area (TPSA) is 12.9 Å². The Morgan fingerprint density at radius 2 is 1.85 bits per heavy atom.